The van der Waals surface area contributed by atoms with Crippen molar-refractivity contribution < 1.29 is 0 Å². The van der Waals surface area contributed by atoms with E-state index in [1.54, 1.807) is 5.57 Å². The Morgan fingerprint density at radius 3 is 2.05 bits per heavy atom. The van der Waals surface area contributed by atoms with Gasteiger partial charge < -0.3 is 0 Å². The van der Waals surface area contributed by atoms with Crippen LogP contribution in [0.1, 0.15) is 78.6 Å². The van der Waals surface area contributed by atoms with Crippen molar-refractivity contribution in [3.63, 3.8) is 0 Å². The summed E-state index contributed by atoms with van der Waals surface area (Å²) in [7, 11) is 0. The Morgan fingerprint density at radius 1 is 0.950 bits per heavy atom. The number of hydrogen-bond acceptors (Lipinski definition) is 0. The summed E-state index contributed by atoms with van der Waals surface area (Å²) < 4.78 is 0. The molecule has 0 spiro atoms. The highest BCUT2D eigenvalue weighted by Crippen LogP contribution is 2.37. The smallest absolute Gasteiger partial charge is 0.0168 e. The van der Waals surface area contributed by atoms with Gasteiger partial charge in [0.05, 0.1) is 0 Å². The van der Waals surface area contributed by atoms with Gasteiger partial charge in [0, 0.05) is 0 Å². The zero-order chi connectivity index (χ0) is 14.5. The van der Waals surface area contributed by atoms with Gasteiger partial charge in [0.15, 0.2) is 0 Å². The van der Waals surface area contributed by atoms with Gasteiger partial charge in [-0.05, 0) is 69.1 Å². The van der Waals surface area contributed by atoms with Crippen molar-refractivity contribution >= 4 is 0 Å². The van der Waals surface area contributed by atoms with Gasteiger partial charge in [0.2, 0.25) is 0 Å². The molecule has 114 valence electrons. The first kappa shape index (κ1) is 15.9. The fourth-order valence-corrected chi connectivity index (χ4v) is 4.19. The van der Waals surface area contributed by atoms with E-state index in [9.17, 15) is 0 Å². The van der Waals surface area contributed by atoms with Gasteiger partial charge in [-0.1, -0.05) is 56.9 Å². The molecule has 20 heavy (non-hydrogen) atoms. The lowest BCUT2D eigenvalue weighted by Crippen LogP contribution is -2.16. The monoisotopic (exact) mass is 274 g/mol. The fourth-order valence-electron chi connectivity index (χ4n) is 4.19. The average Bonchev–Trinajstić information content (AvgIpc) is 2.48. The maximum atomic E-state index is 4.40. The molecule has 0 heteroatoms. The molecule has 0 saturated heterocycles. The minimum absolute atomic E-state index is 0.773. The lowest BCUT2D eigenvalue weighted by molar-refractivity contribution is 0.297. The van der Waals surface area contributed by atoms with Crippen LogP contribution in [0.3, 0.4) is 0 Å². The van der Waals surface area contributed by atoms with Crippen LogP contribution in [0.25, 0.3) is 0 Å². The van der Waals surface area contributed by atoms with Crippen LogP contribution in [-0.2, 0) is 0 Å². The third kappa shape index (κ3) is 4.24. The van der Waals surface area contributed by atoms with Crippen LogP contribution >= 0.6 is 0 Å². The van der Waals surface area contributed by atoms with Crippen LogP contribution < -0.4 is 0 Å². The number of hydrogen-bond donors (Lipinski definition) is 0. The van der Waals surface area contributed by atoms with Crippen LogP contribution in [0.15, 0.2) is 23.8 Å². The standard InChI is InChI=1S/C20H34/c1-5-18-8-12-20(13-9-18)17(4)14-16(3)19-10-6-15(2)7-11-19/h14-15,18-20H,4-13H2,1-3H3. The predicted octanol–water partition coefficient (Wildman–Crippen LogP) is 6.53. The number of allylic oxidation sites excluding steroid dienone is 3. The van der Waals surface area contributed by atoms with E-state index in [0.717, 1.165) is 23.7 Å². The van der Waals surface area contributed by atoms with E-state index in [4.69, 9.17) is 0 Å². The molecule has 0 aromatic heterocycles. The Kier molecular flexibility index (Phi) is 5.93. The van der Waals surface area contributed by atoms with E-state index in [-0.39, 0.29) is 0 Å². The summed E-state index contributed by atoms with van der Waals surface area (Å²) in [6, 6.07) is 0. The largest absolute Gasteiger partial charge is 0.0956 e. The van der Waals surface area contributed by atoms with Crippen LogP contribution in [0.2, 0.25) is 0 Å². The fraction of sp³-hybridized carbons (Fsp3) is 0.800. The second kappa shape index (κ2) is 7.48. The molecule has 2 rings (SSSR count). The molecule has 0 bridgehead atoms. The van der Waals surface area contributed by atoms with Gasteiger partial charge in [0.1, 0.15) is 0 Å². The van der Waals surface area contributed by atoms with E-state index in [1.165, 1.54) is 63.4 Å². The van der Waals surface area contributed by atoms with Crippen molar-refractivity contribution in [1.82, 2.24) is 0 Å². The molecule has 0 aliphatic heterocycles. The summed E-state index contributed by atoms with van der Waals surface area (Å²) in [6.07, 6.45) is 15.1. The summed E-state index contributed by atoms with van der Waals surface area (Å²) in [5.41, 5.74) is 3.04. The second-order valence-corrected chi connectivity index (χ2v) is 7.55. The zero-order valence-electron chi connectivity index (χ0n) is 14.0. The van der Waals surface area contributed by atoms with Crippen molar-refractivity contribution in [2.45, 2.75) is 78.6 Å². The molecule has 0 radical (unpaired) electrons. The SMILES string of the molecule is C=C(C=C(C)C1CCC(C)CC1)C1CCC(CC)CC1. The first-order valence-electron chi connectivity index (χ1n) is 8.97. The van der Waals surface area contributed by atoms with E-state index in [2.05, 4.69) is 33.4 Å². The molecular formula is C20H34. The molecule has 2 aliphatic rings. The highest BCUT2D eigenvalue weighted by molar-refractivity contribution is 5.24. The van der Waals surface area contributed by atoms with Gasteiger partial charge in [-0.3, -0.25) is 0 Å². The van der Waals surface area contributed by atoms with Crippen molar-refractivity contribution in [1.29, 1.82) is 0 Å². The lowest BCUT2D eigenvalue weighted by atomic mass is 9.76. The summed E-state index contributed by atoms with van der Waals surface area (Å²) >= 11 is 0. The molecule has 0 aromatic rings. The molecule has 0 nitrogen and oxygen atoms in total. The maximum Gasteiger partial charge on any atom is -0.0168 e. The Morgan fingerprint density at radius 2 is 1.50 bits per heavy atom. The van der Waals surface area contributed by atoms with Crippen LogP contribution in [0.4, 0.5) is 0 Å². The van der Waals surface area contributed by atoms with Gasteiger partial charge >= 0.3 is 0 Å². The lowest BCUT2D eigenvalue weighted by Gasteiger charge is -2.30. The quantitative estimate of drug-likeness (QED) is 0.511. The number of rotatable bonds is 4. The Hall–Kier alpha value is -0.520. The van der Waals surface area contributed by atoms with Crippen LogP contribution in [0.5, 0.6) is 0 Å². The van der Waals surface area contributed by atoms with Crippen molar-refractivity contribution in [2.75, 3.05) is 0 Å². The second-order valence-electron chi connectivity index (χ2n) is 7.55. The van der Waals surface area contributed by atoms with E-state index in [0.29, 0.717) is 0 Å². The third-order valence-corrected chi connectivity index (χ3v) is 6.02. The average molecular weight is 274 g/mol. The molecule has 0 unspecified atom stereocenters. The molecular weight excluding hydrogens is 240 g/mol. The molecule has 0 atom stereocenters. The maximum absolute atomic E-state index is 4.40. The Balaban J connectivity index is 1.85. The molecule has 0 amide bonds. The Bertz CT molecular complexity index is 333. The molecule has 2 saturated carbocycles. The van der Waals surface area contributed by atoms with Gasteiger partial charge in [-0.2, -0.15) is 0 Å². The molecule has 2 aliphatic carbocycles. The van der Waals surface area contributed by atoms with Crippen molar-refractivity contribution in [2.24, 2.45) is 23.7 Å². The molecule has 0 heterocycles. The summed E-state index contributed by atoms with van der Waals surface area (Å²) in [6.45, 7) is 11.5. The highest BCUT2D eigenvalue weighted by atomic mass is 14.3. The predicted molar refractivity (Wildman–Crippen MR) is 89.8 cm³/mol. The van der Waals surface area contributed by atoms with E-state index < -0.39 is 0 Å². The minimum Gasteiger partial charge on any atom is -0.0956 e. The van der Waals surface area contributed by atoms with Gasteiger partial charge in [-0.25, -0.2) is 0 Å². The van der Waals surface area contributed by atoms with Crippen LogP contribution in [-0.4, -0.2) is 0 Å². The normalized spacial score (nSPS) is 35.9. The minimum atomic E-state index is 0.773. The first-order chi connectivity index (χ1) is 9.60. The van der Waals surface area contributed by atoms with Crippen molar-refractivity contribution in [3.8, 4) is 0 Å². The zero-order valence-corrected chi connectivity index (χ0v) is 14.0. The Labute approximate surface area is 126 Å². The summed E-state index contributed by atoms with van der Waals surface area (Å²) in [4.78, 5) is 0. The van der Waals surface area contributed by atoms with Gasteiger partial charge in [-0.15, -0.1) is 0 Å². The third-order valence-electron chi connectivity index (χ3n) is 6.02. The summed E-state index contributed by atoms with van der Waals surface area (Å²) in [5, 5.41) is 0. The van der Waals surface area contributed by atoms with E-state index >= 15 is 0 Å². The van der Waals surface area contributed by atoms with Crippen molar-refractivity contribution in [3.05, 3.63) is 23.8 Å². The van der Waals surface area contributed by atoms with E-state index in [1.807, 2.05) is 0 Å². The van der Waals surface area contributed by atoms with Gasteiger partial charge in [0.25, 0.3) is 0 Å². The summed E-state index contributed by atoms with van der Waals surface area (Å²) in [5.74, 6) is 3.56. The highest BCUT2D eigenvalue weighted by Gasteiger charge is 2.23. The topological polar surface area (TPSA) is 0 Å². The molecule has 2 fully saturated rings. The molecule has 0 N–H and O–H groups in total. The first-order valence-corrected chi connectivity index (χ1v) is 8.97. The molecule has 0 aromatic carbocycles. The van der Waals surface area contributed by atoms with Crippen LogP contribution in [0, 0.1) is 23.7 Å².